The van der Waals surface area contributed by atoms with E-state index in [-0.39, 0.29) is 0 Å². The van der Waals surface area contributed by atoms with Gasteiger partial charge >= 0.3 is 18.5 Å². The highest BCUT2D eigenvalue weighted by Crippen LogP contribution is 2.30. The second-order valence-electron chi connectivity index (χ2n) is 3.85. The molecular formula is C11H9F6NO3. The fraction of sp³-hybridized carbons (Fsp3) is 0.364. The summed E-state index contributed by atoms with van der Waals surface area (Å²) in [6, 6.07) is 2.07. The van der Waals surface area contributed by atoms with Crippen molar-refractivity contribution in [3.63, 3.8) is 0 Å². The number of para-hydroxylation sites is 1. The highest BCUT2D eigenvalue weighted by atomic mass is 19.4. The molecule has 0 amide bonds. The second-order valence-corrected chi connectivity index (χ2v) is 3.85. The van der Waals surface area contributed by atoms with Crippen LogP contribution in [0.25, 0.3) is 0 Å². The zero-order valence-electron chi connectivity index (χ0n) is 10.1. The Morgan fingerprint density at radius 1 is 1.19 bits per heavy atom. The number of halogens is 6. The van der Waals surface area contributed by atoms with E-state index in [2.05, 4.69) is 4.74 Å². The fourth-order valence-electron chi connectivity index (χ4n) is 1.48. The first-order chi connectivity index (χ1) is 9.49. The maximum Gasteiger partial charge on any atom is 0.573 e. The first kappa shape index (κ1) is 17.1. The molecule has 0 heterocycles. The number of aliphatic carboxylic acids is 1. The predicted molar refractivity (Wildman–Crippen MR) is 57.6 cm³/mol. The third-order valence-corrected chi connectivity index (χ3v) is 2.21. The van der Waals surface area contributed by atoms with Gasteiger partial charge in [-0.2, -0.15) is 13.2 Å². The van der Waals surface area contributed by atoms with E-state index in [1.165, 1.54) is 6.07 Å². The van der Waals surface area contributed by atoms with Crippen LogP contribution in [0.15, 0.2) is 24.3 Å². The van der Waals surface area contributed by atoms with Crippen molar-refractivity contribution >= 4 is 5.97 Å². The summed E-state index contributed by atoms with van der Waals surface area (Å²) in [5, 5.41) is 10.5. The van der Waals surface area contributed by atoms with Crippen LogP contribution in [0.5, 0.6) is 5.75 Å². The van der Waals surface area contributed by atoms with Crippen molar-refractivity contribution in [2.24, 2.45) is 0 Å². The lowest BCUT2D eigenvalue weighted by Crippen LogP contribution is -2.36. The molecule has 0 saturated carbocycles. The first-order valence-electron chi connectivity index (χ1n) is 5.37. The predicted octanol–water partition coefficient (Wildman–Crippen LogP) is 2.86. The lowest BCUT2D eigenvalue weighted by Gasteiger charge is -2.19. The van der Waals surface area contributed by atoms with Crippen molar-refractivity contribution in [1.29, 1.82) is 0 Å². The van der Waals surface area contributed by atoms with Gasteiger partial charge in [-0.3, -0.25) is 10.1 Å². The van der Waals surface area contributed by atoms with Crippen LogP contribution in [-0.4, -0.2) is 30.2 Å². The van der Waals surface area contributed by atoms with Gasteiger partial charge in [0.05, 0.1) is 6.54 Å². The standard InChI is InChI=1S/C11H9F6NO3/c12-10(13,14)5-18-8(9(19)20)6-3-1-2-4-7(6)21-11(15,16)17/h1-4,8,18H,5H2,(H,19,20). The molecule has 1 aromatic carbocycles. The molecule has 118 valence electrons. The van der Waals surface area contributed by atoms with Crippen LogP contribution >= 0.6 is 0 Å². The number of carboxylic acid groups (broad SMARTS) is 1. The summed E-state index contributed by atoms with van der Waals surface area (Å²) in [4.78, 5) is 11.0. The van der Waals surface area contributed by atoms with Gasteiger partial charge in [0.2, 0.25) is 0 Å². The molecule has 0 fully saturated rings. The molecule has 1 rings (SSSR count). The van der Waals surface area contributed by atoms with Crippen molar-refractivity contribution in [3.05, 3.63) is 29.8 Å². The van der Waals surface area contributed by atoms with Crippen molar-refractivity contribution < 1.29 is 41.0 Å². The summed E-state index contributed by atoms with van der Waals surface area (Å²) in [5.74, 6) is -2.65. The average Bonchev–Trinajstić information content (AvgIpc) is 2.27. The Hall–Kier alpha value is -1.97. The van der Waals surface area contributed by atoms with E-state index in [9.17, 15) is 31.1 Å². The number of rotatable bonds is 5. The molecule has 0 aliphatic carbocycles. The summed E-state index contributed by atoms with van der Waals surface area (Å²) in [6.45, 7) is -1.68. The molecule has 1 atom stereocenters. The molecule has 10 heteroatoms. The van der Waals surface area contributed by atoms with Crippen molar-refractivity contribution in [3.8, 4) is 5.75 Å². The SMILES string of the molecule is O=C(O)C(NCC(F)(F)F)c1ccccc1OC(F)(F)F. The number of carboxylic acids is 1. The number of alkyl halides is 6. The number of carbonyl (C=O) groups is 1. The Morgan fingerprint density at radius 2 is 1.76 bits per heavy atom. The lowest BCUT2D eigenvalue weighted by molar-refractivity contribution is -0.275. The van der Waals surface area contributed by atoms with Crippen LogP contribution in [0.3, 0.4) is 0 Å². The van der Waals surface area contributed by atoms with Gasteiger partial charge in [0.15, 0.2) is 0 Å². The topological polar surface area (TPSA) is 58.6 Å². The van der Waals surface area contributed by atoms with E-state index in [1.54, 1.807) is 5.32 Å². The zero-order valence-corrected chi connectivity index (χ0v) is 10.1. The minimum absolute atomic E-state index is 0.563. The van der Waals surface area contributed by atoms with Crippen LogP contribution < -0.4 is 10.1 Å². The lowest BCUT2D eigenvalue weighted by atomic mass is 10.1. The van der Waals surface area contributed by atoms with Crippen molar-refractivity contribution in [1.82, 2.24) is 5.32 Å². The van der Waals surface area contributed by atoms with E-state index in [4.69, 9.17) is 5.11 Å². The van der Waals surface area contributed by atoms with Gasteiger partial charge in [0, 0.05) is 5.56 Å². The molecule has 0 spiro atoms. The van der Waals surface area contributed by atoms with E-state index in [1.807, 2.05) is 0 Å². The molecule has 2 N–H and O–H groups in total. The summed E-state index contributed by atoms with van der Waals surface area (Å²) in [7, 11) is 0. The Kier molecular flexibility index (Phi) is 5.05. The van der Waals surface area contributed by atoms with Gasteiger partial charge in [-0.15, -0.1) is 13.2 Å². The Morgan fingerprint density at radius 3 is 2.24 bits per heavy atom. The number of hydrogen-bond acceptors (Lipinski definition) is 3. The van der Waals surface area contributed by atoms with E-state index >= 15 is 0 Å². The third kappa shape index (κ3) is 5.90. The molecule has 1 aromatic rings. The summed E-state index contributed by atoms with van der Waals surface area (Å²) >= 11 is 0. The first-order valence-corrected chi connectivity index (χ1v) is 5.37. The van der Waals surface area contributed by atoms with Crippen LogP contribution in [0.1, 0.15) is 11.6 Å². The van der Waals surface area contributed by atoms with Gasteiger partial charge in [0.1, 0.15) is 11.8 Å². The van der Waals surface area contributed by atoms with Gasteiger partial charge in [-0.1, -0.05) is 18.2 Å². The summed E-state index contributed by atoms with van der Waals surface area (Å²) < 4.78 is 76.5. The normalized spacial score (nSPS) is 13.8. The molecule has 0 radical (unpaired) electrons. The quantitative estimate of drug-likeness (QED) is 0.820. The van der Waals surface area contributed by atoms with Gasteiger partial charge in [-0.05, 0) is 6.07 Å². The molecule has 4 nitrogen and oxygen atoms in total. The Labute approximate surface area is 114 Å². The maximum atomic E-state index is 12.2. The van der Waals surface area contributed by atoms with Crippen LogP contribution in [0, 0.1) is 0 Å². The molecular weight excluding hydrogens is 308 g/mol. The zero-order chi connectivity index (χ0) is 16.3. The maximum absolute atomic E-state index is 12.2. The van der Waals surface area contributed by atoms with Gasteiger partial charge in [0.25, 0.3) is 0 Å². The molecule has 0 aliphatic heterocycles. The minimum atomic E-state index is -5.09. The number of ether oxygens (including phenoxy) is 1. The fourth-order valence-corrected chi connectivity index (χ4v) is 1.48. The number of nitrogens with one attached hydrogen (secondary N) is 1. The molecule has 0 bridgehead atoms. The molecule has 0 aromatic heterocycles. The van der Waals surface area contributed by atoms with Crippen molar-refractivity contribution in [2.45, 2.75) is 18.6 Å². The molecule has 1 unspecified atom stereocenters. The molecule has 0 aliphatic rings. The Bertz CT molecular complexity index is 499. The monoisotopic (exact) mass is 317 g/mol. The van der Waals surface area contributed by atoms with E-state index in [0.29, 0.717) is 0 Å². The third-order valence-electron chi connectivity index (χ3n) is 2.21. The number of benzene rings is 1. The summed E-state index contributed by atoms with van der Waals surface area (Å²) in [5.41, 5.74) is -0.563. The average molecular weight is 317 g/mol. The van der Waals surface area contributed by atoms with Crippen LogP contribution in [-0.2, 0) is 4.79 Å². The van der Waals surface area contributed by atoms with Crippen molar-refractivity contribution in [2.75, 3.05) is 6.54 Å². The minimum Gasteiger partial charge on any atom is -0.480 e. The highest BCUT2D eigenvalue weighted by Gasteiger charge is 2.35. The van der Waals surface area contributed by atoms with E-state index in [0.717, 1.165) is 18.2 Å². The van der Waals surface area contributed by atoms with Crippen LogP contribution in [0.4, 0.5) is 26.3 Å². The molecule has 21 heavy (non-hydrogen) atoms. The van der Waals surface area contributed by atoms with E-state index < -0.39 is 42.4 Å². The largest absolute Gasteiger partial charge is 0.573 e. The molecule has 0 saturated heterocycles. The van der Waals surface area contributed by atoms with Crippen LogP contribution in [0.2, 0.25) is 0 Å². The summed E-state index contributed by atoms with van der Waals surface area (Å²) in [6.07, 6.45) is -9.81. The second kappa shape index (κ2) is 6.20. The smallest absolute Gasteiger partial charge is 0.480 e. The Balaban J connectivity index is 3.06. The highest BCUT2D eigenvalue weighted by molar-refractivity contribution is 5.76. The van der Waals surface area contributed by atoms with Gasteiger partial charge < -0.3 is 9.84 Å². The van der Waals surface area contributed by atoms with Gasteiger partial charge in [-0.25, -0.2) is 0 Å². The number of hydrogen-bond donors (Lipinski definition) is 2.